The zero-order valence-electron chi connectivity index (χ0n) is 22.5. The Hall–Kier alpha value is -3.29. The molecule has 1 saturated heterocycles. The number of hydrogen-bond donors (Lipinski definition) is 2. The van der Waals surface area contributed by atoms with Crippen molar-refractivity contribution in [2.75, 3.05) is 32.8 Å². The van der Waals surface area contributed by atoms with Gasteiger partial charge in [0.1, 0.15) is 23.4 Å². The van der Waals surface area contributed by atoms with E-state index < -0.39 is 10.0 Å². The van der Waals surface area contributed by atoms with Gasteiger partial charge in [-0.1, -0.05) is 26.7 Å². The van der Waals surface area contributed by atoms with Crippen LogP contribution in [-0.4, -0.2) is 75.2 Å². The Bertz CT molecular complexity index is 1600. The SMILES string of the molecule is CCCCn1c(=O)n2cnnc2c2[nH]c(-c3cc(S(=O)(=O)NCCN4CCCCC4)ccc3OCCC)nc21. The first-order valence-corrected chi connectivity index (χ1v) is 15.2. The Kier molecular flexibility index (Phi) is 8.29. The van der Waals surface area contributed by atoms with Crippen LogP contribution in [0, 0.1) is 0 Å². The molecular formula is C26H36N8O4S. The highest BCUT2D eigenvalue weighted by Crippen LogP contribution is 2.32. The van der Waals surface area contributed by atoms with E-state index in [2.05, 4.69) is 31.7 Å². The Labute approximate surface area is 227 Å². The third-order valence-electron chi connectivity index (χ3n) is 7.03. The fourth-order valence-electron chi connectivity index (χ4n) is 4.93. The molecule has 39 heavy (non-hydrogen) atoms. The van der Waals surface area contributed by atoms with Crippen molar-refractivity contribution >= 4 is 26.8 Å². The number of unbranched alkanes of at least 4 members (excludes halogenated alkanes) is 1. The van der Waals surface area contributed by atoms with E-state index in [1.807, 2.05) is 6.92 Å². The Balaban J connectivity index is 1.53. The molecule has 0 bridgehead atoms. The van der Waals surface area contributed by atoms with Crippen molar-refractivity contribution < 1.29 is 13.2 Å². The molecule has 0 unspecified atom stereocenters. The number of H-pyrrole nitrogens is 1. The zero-order chi connectivity index (χ0) is 27.4. The predicted octanol–water partition coefficient (Wildman–Crippen LogP) is 2.79. The molecule has 0 atom stereocenters. The molecule has 4 aromatic rings. The van der Waals surface area contributed by atoms with Gasteiger partial charge < -0.3 is 14.6 Å². The Morgan fingerprint density at radius 1 is 1.08 bits per heavy atom. The highest BCUT2D eigenvalue weighted by molar-refractivity contribution is 7.89. The molecule has 5 rings (SSSR count). The minimum Gasteiger partial charge on any atom is -0.493 e. The minimum atomic E-state index is -3.77. The number of aryl methyl sites for hydroxylation is 1. The fraction of sp³-hybridized carbons (Fsp3) is 0.538. The number of nitrogens with zero attached hydrogens (tertiary/aromatic N) is 6. The summed E-state index contributed by atoms with van der Waals surface area (Å²) in [6.07, 6.45) is 7.42. The third-order valence-corrected chi connectivity index (χ3v) is 8.49. The molecule has 0 radical (unpaired) electrons. The largest absolute Gasteiger partial charge is 0.493 e. The number of piperidine rings is 1. The van der Waals surface area contributed by atoms with Gasteiger partial charge in [-0.15, -0.1) is 10.2 Å². The fourth-order valence-corrected chi connectivity index (χ4v) is 5.98. The molecule has 12 nitrogen and oxygen atoms in total. The molecule has 1 aliphatic heterocycles. The van der Waals surface area contributed by atoms with Gasteiger partial charge in [-0.3, -0.25) is 4.57 Å². The minimum absolute atomic E-state index is 0.122. The molecule has 3 aromatic heterocycles. The van der Waals surface area contributed by atoms with Crippen LogP contribution in [0.2, 0.25) is 0 Å². The summed E-state index contributed by atoms with van der Waals surface area (Å²) in [5.74, 6) is 0.894. The highest BCUT2D eigenvalue weighted by atomic mass is 32.2. The van der Waals surface area contributed by atoms with Crippen molar-refractivity contribution in [3.05, 3.63) is 35.0 Å². The van der Waals surface area contributed by atoms with Crippen LogP contribution >= 0.6 is 0 Å². The topological polar surface area (TPSA) is 140 Å². The highest BCUT2D eigenvalue weighted by Gasteiger charge is 2.22. The van der Waals surface area contributed by atoms with Gasteiger partial charge in [-0.25, -0.2) is 27.3 Å². The first kappa shape index (κ1) is 27.3. The van der Waals surface area contributed by atoms with E-state index in [0.29, 0.717) is 60.2 Å². The lowest BCUT2D eigenvalue weighted by Crippen LogP contribution is -2.37. The molecule has 2 N–H and O–H groups in total. The summed E-state index contributed by atoms with van der Waals surface area (Å²) in [6, 6.07) is 4.78. The summed E-state index contributed by atoms with van der Waals surface area (Å²) < 4.78 is 38.2. The van der Waals surface area contributed by atoms with Gasteiger partial charge in [-0.05, 0) is 57.0 Å². The van der Waals surface area contributed by atoms with Crippen LogP contribution in [0.25, 0.3) is 28.2 Å². The number of imidazole rings is 1. The monoisotopic (exact) mass is 556 g/mol. The average molecular weight is 557 g/mol. The summed E-state index contributed by atoms with van der Waals surface area (Å²) in [4.78, 5) is 23.6. The lowest BCUT2D eigenvalue weighted by atomic mass is 10.1. The first-order chi connectivity index (χ1) is 18.9. The number of aromatic nitrogens is 6. The molecule has 0 saturated carbocycles. The van der Waals surface area contributed by atoms with Gasteiger partial charge in [-0.2, -0.15) is 0 Å². The van der Waals surface area contributed by atoms with E-state index in [1.54, 1.807) is 22.8 Å². The van der Waals surface area contributed by atoms with Gasteiger partial charge in [0, 0.05) is 19.6 Å². The van der Waals surface area contributed by atoms with Crippen molar-refractivity contribution in [3.63, 3.8) is 0 Å². The van der Waals surface area contributed by atoms with Crippen molar-refractivity contribution in [2.45, 2.75) is 63.8 Å². The molecule has 1 fully saturated rings. The number of benzene rings is 1. The lowest BCUT2D eigenvalue weighted by molar-refractivity contribution is 0.233. The quantitative estimate of drug-likeness (QED) is 0.272. The van der Waals surface area contributed by atoms with E-state index in [-0.39, 0.29) is 10.6 Å². The van der Waals surface area contributed by atoms with Crippen molar-refractivity contribution in [1.29, 1.82) is 0 Å². The van der Waals surface area contributed by atoms with Crippen LogP contribution < -0.4 is 15.1 Å². The van der Waals surface area contributed by atoms with Gasteiger partial charge in [0.25, 0.3) is 0 Å². The molecule has 4 heterocycles. The van der Waals surface area contributed by atoms with Gasteiger partial charge in [0.2, 0.25) is 10.0 Å². The van der Waals surface area contributed by atoms with Crippen LogP contribution in [-0.2, 0) is 16.6 Å². The van der Waals surface area contributed by atoms with Crippen LogP contribution in [0.1, 0.15) is 52.4 Å². The van der Waals surface area contributed by atoms with Crippen molar-refractivity contribution in [3.8, 4) is 17.1 Å². The van der Waals surface area contributed by atoms with E-state index in [9.17, 15) is 13.2 Å². The number of sulfonamides is 1. The number of ether oxygens (including phenoxy) is 1. The summed E-state index contributed by atoms with van der Waals surface area (Å²) in [7, 11) is -3.77. The number of likely N-dealkylation sites (tertiary alicyclic amines) is 1. The number of hydrogen-bond acceptors (Lipinski definition) is 8. The van der Waals surface area contributed by atoms with Crippen molar-refractivity contribution in [2.24, 2.45) is 0 Å². The predicted molar refractivity (Wildman–Crippen MR) is 149 cm³/mol. The average Bonchev–Trinajstić information content (AvgIpc) is 3.60. The lowest BCUT2D eigenvalue weighted by Gasteiger charge is -2.26. The Morgan fingerprint density at radius 2 is 1.90 bits per heavy atom. The van der Waals surface area contributed by atoms with Gasteiger partial charge in [0.15, 0.2) is 11.3 Å². The molecule has 0 spiro atoms. The second-order valence-electron chi connectivity index (χ2n) is 9.90. The van der Waals surface area contributed by atoms with E-state index in [4.69, 9.17) is 9.72 Å². The standard InChI is InChI=1S/C26H36N8O4S/c1-3-5-14-33-24-22(25-31-27-18-34(25)26(33)35)29-23(30-24)20-17-19(9-10-21(20)38-16-4-2)39(36,37)28-11-15-32-12-7-6-8-13-32/h9-10,17-18,28H,3-8,11-16H2,1-2H3,(H,29,30). The number of nitrogens with one attached hydrogen (secondary N) is 2. The van der Waals surface area contributed by atoms with Crippen molar-refractivity contribution in [1.82, 2.24) is 38.8 Å². The zero-order valence-corrected chi connectivity index (χ0v) is 23.3. The summed E-state index contributed by atoms with van der Waals surface area (Å²) >= 11 is 0. The van der Waals surface area contributed by atoms with E-state index in [1.165, 1.54) is 17.1 Å². The van der Waals surface area contributed by atoms with E-state index in [0.717, 1.165) is 45.2 Å². The smallest absolute Gasteiger partial charge is 0.336 e. The van der Waals surface area contributed by atoms with Crippen LogP contribution in [0.3, 0.4) is 0 Å². The molecule has 210 valence electrons. The van der Waals surface area contributed by atoms with Crippen LogP contribution in [0.15, 0.2) is 34.2 Å². The number of aromatic amines is 1. The molecule has 0 aliphatic carbocycles. The maximum Gasteiger partial charge on any atom is 0.336 e. The second-order valence-corrected chi connectivity index (χ2v) is 11.7. The maximum absolute atomic E-state index is 13.2. The molecular weight excluding hydrogens is 520 g/mol. The summed E-state index contributed by atoms with van der Waals surface area (Å²) in [6.45, 7) is 8.03. The van der Waals surface area contributed by atoms with Gasteiger partial charge >= 0.3 is 5.69 Å². The van der Waals surface area contributed by atoms with Crippen LogP contribution in [0.5, 0.6) is 5.75 Å². The van der Waals surface area contributed by atoms with Gasteiger partial charge in [0.05, 0.1) is 17.1 Å². The summed E-state index contributed by atoms with van der Waals surface area (Å²) in [5.41, 5.74) is 1.57. The molecule has 1 aliphatic rings. The third kappa shape index (κ3) is 5.70. The molecule has 13 heteroatoms. The van der Waals surface area contributed by atoms with Crippen LogP contribution in [0.4, 0.5) is 0 Å². The summed E-state index contributed by atoms with van der Waals surface area (Å²) in [5, 5.41) is 8.04. The maximum atomic E-state index is 13.2. The number of rotatable bonds is 12. The molecule has 0 amide bonds. The number of fused-ring (bicyclic) bond motifs is 3. The second kappa shape index (κ2) is 11.8. The normalized spacial score (nSPS) is 14.9. The molecule has 1 aromatic carbocycles. The Morgan fingerprint density at radius 3 is 2.67 bits per heavy atom. The first-order valence-electron chi connectivity index (χ1n) is 13.7. The van der Waals surface area contributed by atoms with E-state index >= 15 is 0 Å².